The lowest BCUT2D eigenvalue weighted by Crippen LogP contribution is -2.33. The molecule has 0 saturated carbocycles. The van der Waals surface area contributed by atoms with Crippen molar-refractivity contribution in [1.82, 2.24) is 10.3 Å². The molecule has 0 aliphatic rings. The Morgan fingerprint density at radius 3 is 2.81 bits per heavy atom. The van der Waals surface area contributed by atoms with Crippen molar-refractivity contribution in [2.75, 3.05) is 0 Å². The predicted molar refractivity (Wildman–Crippen MR) is 81.8 cm³/mol. The van der Waals surface area contributed by atoms with Crippen LogP contribution in [0.1, 0.15) is 56.3 Å². The van der Waals surface area contributed by atoms with Crippen LogP contribution in [0.3, 0.4) is 0 Å². The molecule has 3 nitrogen and oxygen atoms in total. The standard InChI is InChI=1S/C15H22F2N2OS/c1-3-4-5-6-8-11(2)19-13(20)12-9-7-10-18-14(12)21-15(16)17/h7,9-11,15H,3-6,8H2,1-2H3,(H,19,20). The van der Waals surface area contributed by atoms with Crippen LogP contribution in [0.2, 0.25) is 0 Å². The van der Waals surface area contributed by atoms with Gasteiger partial charge in [-0.05, 0) is 37.2 Å². The number of hydrogen-bond donors (Lipinski definition) is 1. The Hall–Kier alpha value is -1.17. The minimum Gasteiger partial charge on any atom is -0.350 e. The van der Waals surface area contributed by atoms with Crippen molar-refractivity contribution in [2.24, 2.45) is 0 Å². The number of carbonyl (C=O) groups excluding carboxylic acids is 1. The Kier molecular flexibility index (Phi) is 8.27. The van der Waals surface area contributed by atoms with Crippen LogP contribution < -0.4 is 5.32 Å². The molecule has 1 aromatic heterocycles. The highest BCUT2D eigenvalue weighted by Crippen LogP contribution is 2.26. The van der Waals surface area contributed by atoms with Gasteiger partial charge in [0.25, 0.3) is 11.7 Å². The van der Waals surface area contributed by atoms with Crippen molar-refractivity contribution in [1.29, 1.82) is 0 Å². The Bertz CT molecular complexity index is 443. The van der Waals surface area contributed by atoms with Crippen LogP contribution in [0.25, 0.3) is 0 Å². The SMILES string of the molecule is CCCCCCC(C)NC(=O)c1cccnc1SC(F)F. The van der Waals surface area contributed by atoms with E-state index in [9.17, 15) is 13.6 Å². The number of alkyl halides is 2. The van der Waals surface area contributed by atoms with Crippen LogP contribution in [0.15, 0.2) is 23.4 Å². The fourth-order valence-corrected chi connectivity index (χ4v) is 2.57. The zero-order chi connectivity index (χ0) is 15.7. The third-order valence-corrected chi connectivity index (χ3v) is 3.81. The molecule has 0 aliphatic carbocycles. The maximum atomic E-state index is 12.5. The van der Waals surface area contributed by atoms with Crippen molar-refractivity contribution < 1.29 is 13.6 Å². The van der Waals surface area contributed by atoms with E-state index in [0.717, 1.165) is 19.3 Å². The van der Waals surface area contributed by atoms with Gasteiger partial charge in [0.05, 0.1) is 5.56 Å². The molecular formula is C15H22F2N2OS. The molecule has 1 amide bonds. The third kappa shape index (κ3) is 6.89. The molecule has 21 heavy (non-hydrogen) atoms. The van der Waals surface area contributed by atoms with Gasteiger partial charge in [-0.2, -0.15) is 8.78 Å². The van der Waals surface area contributed by atoms with Crippen molar-refractivity contribution >= 4 is 17.7 Å². The van der Waals surface area contributed by atoms with Gasteiger partial charge in [-0.3, -0.25) is 4.79 Å². The van der Waals surface area contributed by atoms with E-state index in [2.05, 4.69) is 17.2 Å². The average molecular weight is 316 g/mol. The van der Waals surface area contributed by atoms with Crippen LogP contribution in [-0.4, -0.2) is 22.7 Å². The molecule has 1 unspecified atom stereocenters. The number of thioether (sulfide) groups is 1. The molecule has 1 N–H and O–H groups in total. The molecule has 1 aromatic rings. The number of unbranched alkanes of at least 4 members (excludes halogenated alkanes) is 3. The summed E-state index contributed by atoms with van der Waals surface area (Å²) in [6.07, 6.45) is 6.87. The van der Waals surface area contributed by atoms with Crippen molar-refractivity contribution in [3.8, 4) is 0 Å². The molecule has 1 rings (SSSR count). The van der Waals surface area contributed by atoms with Gasteiger partial charge in [-0.15, -0.1) is 0 Å². The maximum absolute atomic E-state index is 12.5. The van der Waals surface area contributed by atoms with Gasteiger partial charge in [0.15, 0.2) is 0 Å². The number of rotatable bonds is 9. The first kappa shape index (κ1) is 17.9. The molecule has 0 bridgehead atoms. The van der Waals surface area contributed by atoms with Gasteiger partial charge in [0.1, 0.15) is 5.03 Å². The van der Waals surface area contributed by atoms with Crippen molar-refractivity contribution in [3.05, 3.63) is 23.9 Å². The molecule has 6 heteroatoms. The fourth-order valence-electron chi connectivity index (χ4n) is 1.99. The van der Waals surface area contributed by atoms with Crippen LogP contribution >= 0.6 is 11.8 Å². The van der Waals surface area contributed by atoms with E-state index in [1.807, 2.05) is 6.92 Å². The fraction of sp³-hybridized carbons (Fsp3) is 0.600. The average Bonchev–Trinajstić information content (AvgIpc) is 2.43. The lowest BCUT2D eigenvalue weighted by atomic mass is 10.1. The molecule has 0 saturated heterocycles. The van der Waals surface area contributed by atoms with E-state index in [4.69, 9.17) is 0 Å². The highest BCUT2D eigenvalue weighted by Gasteiger charge is 2.17. The molecular weight excluding hydrogens is 294 g/mol. The molecule has 0 aromatic carbocycles. The Labute approximate surface area is 128 Å². The summed E-state index contributed by atoms with van der Waals surface area (Å²) >= 11 is 0.300. The number of nitrogens with zero attached hydrogens (tertiary/aromatic N) is 1. The summed E-state index contributed by atoms with van der Waals surface area (Å²) in [5, 5.41) is 2.92. The summed E-state index contributed by atoms with van der Waals surface area (Å²) in [6, 6.07) is 3.13. The van der Waals surface area contributed by atoms with E-state index < -0.39 is 5.76 Å². The van der Waals surface area contributed by atoms with Crippen LogP contribution in [-0.2, 0) is 0 Å². The maximum Gasteiger partial charge on any atom is 0.290 e. The van der Waals surface area contributed by atoms with Gasteiger partial charge in [-0.1, -0.05) is 32.6 Å². The minimum absolute atomic E-state index is 0.0268. The number of carbonyl (C=O) groups is 1. The van der Waals surface area contributed by atoms with Crippen LogP contribution in [0, 0.1) is 0 Å². The van der Waals surface area contributed by atoms with Gasteiger partial charge >= 0.3 is 0 Å². The van der Waals surface area contributed by atoms with Crippen molar-refractivity contribution in [3.63, 3.8) is 0 Å². The number of nitrogens with one attached hydrogen (secondary N) is 1. The summed E-state index contributed by atoms with van der Waals surface area (Å²) in [4.78, 5) is 16.0. The van der Waals surface area contributed by atoms with Gasteiger partial charge in [-0.25, -0.2) is 4.98 Å². The second kappa shape index (κ2) is 9.71. The molecule has 0 aliphatic heterocycles. The van der Waals surface area contributed by atoms with E-state index in [0.29, 0.717) is 11.8 Å². The van der Waals surface area contributed by atoms with E-state index in [-0.39, 0.29) is 22.5 Å². The number of hydrogen-bond acceptors (Lipinski definition) is 3. The lowest BCUT2D eigenvalue weighted by Gasteiger charge is -2.15. The largest absolute Gasteiger partial charge is 0.350 e. The number of halogens is 2. The number of amides is 1. The number of aromatic nitrogens is 1. The first-order valence-electron chi connectivity index (χ1n) is 7.25. The second-order valence-electron chi connectivity index (χ2n) is 4.96. The van der Waals surface area contributed by atoms with Crippen LogP contribution in [0.4, 0.5) is 8.78 Å². The Morgan fingerprint density at radius 1 is 1.38 bits per heavy atom. The summed E-state index contributed by atoms with van der Waals surface area (Å²) in [5.74, 6) is -2.92. The Morgan fingerprint density at radius 2 is 2.14 bits per heavy atom. The molecule has 0 fully saturated rings. The van der Waals surface area contributed by atoms with E-state index in [1.165, 1.54) is 25.1 Å². The first-order valence-corrected chi connectivity index (χ1v) is 8.13. The monoisotopic (exact) mass is 316 g/mol. The Balaban J connectivity index is 2.54. The summed E-state index contributed by atoms with van der Waals surface area (Å²) < 4.78 is 24.9. The van der Waals surface area contributed by atoms with Crippen molar-refractivity contribution in [2.45, 2.75) is 62.8 Å². The normalized spacial score (nSPS) is 12.4. The predicted octanol–water partition coefficient (Wildman–Crippen LogP) is 4.49. The number of pyridine rings is 1. The zero-order valence-electron chi connectivity index (χ0n) is 12.4. The third-order valence-electron chi connectivity index (χ3n) is 3.08. The molecule has 1 atom stereocenters. The smallest absolute Gasteiger partial charge is 0.290 e. The molecule has 0 radical (unpaired) electrons. The van der Waals surface area contributed by atoms with Gasteiger partial charge < -0.3 is 5.32 Å². The summed E-state index contributed by atoms with van der Waals surface area (Å²) in [7, 11) is 0. The zero-order valence-corrected chi connectivity index (χ0v) is 13.3. The molecule has 118 valence electrons. The summed E-state index contributed by atoms with van der Waals surface area (Å²) in [6.45, 7) is 4.08. The lowest BCUT2D eigenvalue weighted by molar-refractivity contribution is 0.0934. The molecule has 1 heterocycles. The van der Waals surface area contributed by atoms with E-state index in [1.54, 1.807) is 6.07 Å². The van der Waals surface area contributed by atoms with Crippen LogP contribution in [0.5, 0.6) is 0 Å². The summed E-state index contributed by atoms with van der Waals surface area (Å²) in [5.41, 5.74) is 0.211. The van der Waals surface area contributed by atoms with E-state index >= 15 is 0 Å². The quantitative estimate of drug-likeness (QED) is 0.539. The second-order valence-corrected chi connectivity index (χ2v) is 5.94. The first-order chi connectivity index (χ1) is 10.0. The molecule has 0 spiro atoms. The highest BCUT2D eigenvalue weighted by atomic mass is 32.2. The van der Waals surface area contributed by atoms with Gasteiger partial charge in [0.2, 0.25) is 0 Å². The van der Waals surface area contributed by atoms with Gasteiger partial charge in [0, 0.05) is 12.2 Å². The topological polar surface area (TPSA) is 42.0 Å². The minimum atomic E-state index is -2.59. The highest BCUT2D eigenvalue weighted by molar-refractivity contribution is 7.99.